The highest BCUT2D eigenvalue weighted by Gasteiger charge is 2.18. The Balaban J connectivity index is 2.24. The minimum absolute atomic E-state index is 0.423. The quantitative estimate of drug-likeness (QED) is 0.244. The van der Waals surface area contributed by atoms with Crippen molar-refractivity contribution in [1.29, 1.82) is 0 Å². The van der Waals surface area contributed by atoms with Crippen molar-refractivity contribution in [2.24, 2.45) is 5.28 Å². The van der Waals surface area contributed by atoms with Crippen LogP contribution < -0.4 is 0 Å². The van der Waals surface area contributed by atoms with Crippen molar-refractivity contribution in [3.8, 4) is 0 Å². The first-order chi connectivity index (χ1) is 5.84. The minimum Gasteiger partial charge on any atom is -0.569 e. The molecule has 0 radical (unpaired) electrons. The summed E-state index contributed by atoms with van der Waals surface area (Å²) < 4.78 is 0. The zero-order valence-corrected chi connectivity index (χ0v) is 8.36. The lowest BCUT2D eigenvalue weighted by atomic mass is 10.4. The number of hydrogen-bond donors (Lipinski definition) is 0. The molecule has 1 aliphatic heterocycles. The van der Waals surface area contributed by atoms with E-state index in [4.69, 9.17) is 4.84 Å². The average Bonchev–Trinajstić information content (AvgIpc) is 2.56. The molecular weight excluding hydrogens is 226 g/mol. The van der Waals surface area contributed by atoms with E-state index in [-0.39, 0.29) is 0 Å². The summed E-state index contributed by atoms with van der Waals surface area (Å²) in [5.74, 6) is 0. The Labute approximate surface area is 79.6 Å². The van der Waals surface area contributed by atoms with Crippen molar-refractivity contribution in [3.63, 3.8) is 0 Å². The molecule has 0 spiro atoms. The van der Waals surface area contributed by atoms with Gasteiger partial charge in [0, 0.05) is 5.33 Å². The number of halogens is 1. The Bertz CT molecular complexity index is 159. The minimum atomic E-state index is 0.423. The molecule has 0 unspecified atom stereocenters. The van der Waals surface area contributed by atoms with E-state index in [1.807, 2.05) is 0 Å². The van der Waals surface area contributed by atoms with Crippen molar-refractivity contribution in [1.82, 2.24) is 5.01 Å². The molecule has 12 heavy (non-hydrogen) atoms. The van der Waals surface area contributed by atoms with E-state index in [0.29, 0.717) is 16.9 Å². The number of nitrogens with zero attached hydrogens (tertiary/aromatic N) is 3. The first-order valence-electron chi connectivity index (χ1n) is 3.95. The molecular formula is C6H12BrN3O2. The molecule has 0 saturated carbocycles. The van der Waals surface area contributed by atoms with Crippen LogP contribution in [-0.2, 0) is 4.84 Å². The predicted octanol–water partition coefficient (Wildman–Crippen LogP) is 1.29. The summed E-state index contributed by atoms with van der Waals surface area (Å²) in [4.78, 5) is 5.24. The molecule has 5 nitrogen and oxygen atoms in total. The van der Waals surface area contributed by atoms with Crippen molar-refractivity contribution < 1.29 is 9.81 Å². The maximum absolute atomic E-state index is 11.1. The summed E-state index contributed by atoms with van der Waals surface area (Å²) >= 11 is 3.16. The third kappa shape index (κ3) is 2.84. The highest BCUT2D eigenvalue weighted by Crippen LogP contribution is 2.07. The van der Waals surface area contributed by atoms with E-state index in [0.717, 1.165) is 25.9 Å². The van der Waals surface area contributed by atoms with Crippen LogP contribution in [0.15, 0.2) is 5.28 Å². The second kappa shape index (κ2) is 5.18. The molecule has 1 heterocycles. The molecule has 70 valence electrons. The molecule has 0 atom stereocenters. The lowest BCUT2D eigenvalue weighted by Crippen LogP contribution is -2.27. The SMILES string of the molecule is [O-]/[N+](=N\OCCBr)N1CCCC1. The molecule has 0 aliphatic carbocycles. The van der Waals surface area contributed by atoms with Gasteiger partial charge in [-0.15, -0.1) is 5.01 Å². The topological polar surface area (TPSA) is 50.9 Å². The normalized spacial score (nSPS) is 18.4. The van der Waals surface area contributed by atoms with Gasteiger partial charge in [-0.3, -0.25) is 0 Å². The van der Waals surface area contributed by atoms with Crippen molar-refractivity contribution in [3.05, 3.63) is 5.21 Å². The number of hydrazine groups is 1. The van der Waals surface area contributed by atoms with Crippen molar-refractivity contribution >= 4 is 15.9 Å². The van der Waals surface area contributed by atoms with Gasteiger partial charge in [0.25, 0.3) is 0 Å². The van der Waals surface area contributed by atoms with Gasteiger partial charge in [0.2, 0.25) is 5.28 Å². The first-order valence-corrected chi connectivity index (χ1v) is 5.08. The molecule has 0 amide bonds. The Kier molecular flexibility index (Phi) is 4.13. The number of alkyl halides is 1. The van der Waals surface area contributed by atoms with Gasteiger partial charge in [-0.05, 0) is 12.8 Å². The standard InChI is InChI=1S/C6H12BrN3O2/c7-3-6-12-8-10(11)9-4-1-2-5-9/h1-6H2/b10-8-. The fourth-order valence-electron chi connectivity index (χ4n) is 1.05. The van der Waals surface area contributed by atoms with Gasteiger partial charge in [-0.25, -0.2) is 0 Å². The highest BCUT2D eigenvalue weighted by atomic mass is 79.9. The van der Waals surface area contributed by atoms with E-state index >= 15 is 0 Å². The van der Waals surface area contributed by atoms with Gasteiger partial charge in [0.15, 0.2) is 0 Å². The third-order valence-corrected chi connectivity index (χ3v) is 1.94. The molecule has 1 fully saturated rings. The van der Waals surface area contributed by atoms with E-state index < -0.39 is 0 Å². The zero-order valence-electron chi connectivity index (χ0n) is 6.78. The molecule has 1 rings (SSSR count). The Morgan fingerprint density at radius 1 is 1.50 bits per heavy atom. The lowest BCUT2D eigenvalue weighted by Gasteiger charge is -2.09. The second-order valence-electron chi connectivity index (χ2n) is 2.52. The highest BCUT2D eigenvalue weighted by molar-refractivity contribution is 9.09. The molecule has 0 aromatic carbocycles. The summed E-state index contributed by atoms with van der Waals surface area (Å²) in [6.45, 7) is 1.99. The van der Waals surface area contributed by atoms with Crippen LogP contribution in [0, 0.1) is 5.21 Å². The maximum atomic E-state index is 11.1. The van der Waals surface area contributed by atoms with Crippen LogP contribution in [-0.4, -0.2) is 35.0 Å². The largest absolute Gasteiger partial charge is 0.569 e. The van der Waals surface area contributed by atoms with E-state index in [2.05, 4.69) is 21.2 Å². The monoisotopic (exact) mass is 237 g/mol. The number of rotatable bonds is 4. The number of hydrogen-bond acceptors (Lipinski definition) is 3. The molecule has 1 saturated heterocycles. The van der Waals surface area contributed by atoms with Gasteiger partial charge < -0.3 is 10.0 Å². The molecule has 0 N–H and O–H groups in total. The predicted molar refractivity (Wildman–Crippen MR) is 46.6 cm³/mol. The molecule has 6 heteroatoms. The Morgan fingerprint density at radius 3 is 2.75 bits per heavy atom. The zero-order chi connectivity index (χ0) is 8.81. The third-order valence-electron chi connectivity index (χ3n) is 1.62. The molecule has 1 aliphatic rings. The van der Waals surface area contributed by atoms with E-state index in [1.165, 1.54) is 0 Å². The van der Waals surface area contributed by atoms with Crippen LogP contribution in [0.1, 0.15) is 12.8 Å². The van der Waals surface area contributed by atoms with E-state index in [1.54, 1.807) is 5.01 Å². The van der Waals surface area contributed by atoms with Crippen LogP contribution in [0.2, 0.25) is 0 Å². The molecule has 0 aromatic rings. The first kappa shape index (κ1) is 9.57. The van der Waals surface area contributed by atoms with Crippen LogP contribution >= 0.6 is 15.9 Å². The van der Waals surface area contributed by atoms with Gasteiger partial charge in [0.1, 0.15) is 6.61 Å². The molecule has 0 bridgehead atoms. The maximum Gasteiger partial charge on any atom is 0.233 e. The van der Waals surface area contributed by atoms with Gasteiger partial charge in [-0.1, -0.05) is 15.9 Å². The van der Waals surface area contributed by atoms with Gasteiger partial charge >= 0.3 is 0 Å². The lowest BCUT2D eigenvalue weighted by molar-refractivity contribution is -0.707. The smallest absolute Gasteiger partial charge is 0.233 e. The summed E-state index contributed by atoms with van der Waals surface area (Å²) in [5, 5.41) is 16.7. The van der Waals surface area contributed by atoms with Crippen LogP contribution in [0.25, 0.3) is 0 Å². The fraction of sp³-hybridized carbons (Fsp3) is 1.00. The van der Waals surface area contributed by atoms with Crippen molar-refractivity contribution in [2.75, 3.05) is 25.0 Å². The van der Waals surface area contributed by atoms with E-state index in [9.17, 15) is 5.21 Å². The van der Waals surface area contributed by atoms with Gasteiger partial charge in [0.05, 0.1) is 18.1 Å². The van der Waals surface area contributed by atoms with Gasteiger partial charge in [-0.2, -0.15) is 0 Å². The Hall–Kier alpha value is -0.520. The van der Waals surface area contributed by atoms with Crippen molar-refractivity contribution in [2.45, 2.75) is 12.8 Å². The summed E-state index contributed by atoms with van der Waals surface area (Å²) in [6, 6.07) is 0. The summed E-state index contributed by atoms with van der Waals surface area (Å²) in [5.41, 5.74) is 0. The van der Waals surface area contributed by atoms with Crippen LogP contribution in [0.3, 0.4) is 0 Å². The Morgan fingerprint density at radius 2 is 2.17 bits per heavy atom. The molecule has 0 aromatic heterocycles. The summed E-state index contributed by atoms with van der Waals surface area (Å²) in [6.07, 6.45) is 2.12. The van der Waals surface area contributed by atoms with Crippen LogP contribution in [0.4, 0.5) is 0 Å². The summed E-state index contributed by atoms with van der Waals surface area (Å²) in [7, 11) is 0. The van der Waals surface area contributed by atoms with Crippen LogP contribution in [0.5, 0.6) is 0 Å². The fourth-order valence-corrected chi connectivity index (χ4v) is 1.19. The second-order valence-corrected chi connectivity index (χ2v) is 3.31. The average molecular weight is 238 g/mol.